The van der Waals surface area contributed by atoms with Crippen LogP contribution >= 0.6 is 0 Å². The van der Waals surface area contributed by atoms with Crippen LogP contribution in [0.2, 0.25) is 0 Å². The van der Waals surface area contributed by atoms with Crippen LogP contribution in [0.5, 0.6) is 0 Å². The van der Waals surface area contributed by atoms with Crippen LogP contribution in [-0.4, -0.2) is 55.1 Å². The molecule has 126 valence electrons. The Labute approximate surface area is 137 Å². The van der Waals surface area contributed by atoms with Crippen LogP contribution in [0.25, 0.3) is 0 Å². The lowest BCUT2D eigenvalue weighted by Crippen LogP contribution is -2.56. The van der Waals surface area contributed by atoms with Crippen LogP contribution < -0.4 is 10.6 Å². The molecular formula is C17H25N3O3. The van der Waals surface area contributed by atoms with Crippen molar-refractivity contribution in [3.8, 4) is 0 Å². The SMILES string of the molecule is CCN(Cc1ccccc1)C(=O)CNC(=O)[C@H]1NCCO[C@@H]1C. The zero-order chi connectivity index (χ0) is 16.7. The quantitative estimate of drug-likeness (QED) is 0.802. The molecule has 0 spiro atoms. The summed E-state index contributed by atoms with van der Waals surface area (Å²) in [4.78, 5) is 26.2. The van der Waals surface area contributed by atoms with Crippen molar-refractivity contribution in [3.63, 3.8) is 0 Å². The maximum absolute atomic E-state index is 12.3. The Morgan fingerprint density at radius 1 is 1.35 bits per heavy atom. The van der Waals surface area contributed by atoms with E-state index >= 15 is 0 Å². The molecule has 0 bridgehead atoms. The summed E-state index contributed by atoms with van der Waals surface area (Å²) in [6.07, 6.45) is -0.189. The van der Waals surface area contributed by atoms with E-state index in [0.29, 0.717) is 26.2 Å². The number of carbonyl (C=O) groups is 2. The molecule has 1 saturated heterocycles. The highest BCUT2D eigenvalue weighted by Crippen LogP contribution is 2.05. The van der Waals surface area contributed by atoms with E-state index in [0.717, 1.165) is 5.56 Å². The Kier molecular flexibility index (Phi) is 6.55. The molecule has 1 heterocycles. The van der Waals surface area contributed by atoms with Gasteiger partial charge in [-0.2, -0.15) is 0 Å². The molecule has 1 aliphatic rings. The number of hydrogen-bond acceptors (Lipinski definition) is 4. The summed E-state index contributed by atoms with van der Waals surface area (Å²) < 4.78 is 5.45. The van der Waals surface area contributed by atoms with Gasteiger partial charge in [0, 0.05) is 19.6 Å². The largest absolute Gasteiger partial charge is 0.375 e. The zero-order valence-corrected chi connectivity index (χ0v) is 13.7. The number of carbonyl (C=O) groups excluding carboxylic acids is 2. The average molecular weight is 319 g/mol. The van der Waals surface area contributed by atoms with Gasteiger partial charge in [0.2, 0.25) is 11.8 Å². The van der Waals surface area contributed by atoms with Crippen molar-refractivity contribution in [3.05, 3.63) is 35.9 Å². The first-order valence-electron chi connectivity index (χ1n) is 8.06. The Morgan fingerprint density at radius 3 is 2.74 bits per heavy atom. The van der Waals surface area contributed by atoms with Crippen molar-refractivity contribution in [1.82, 2.24) is 15.5 Å². The van der Waals surface area contributed by atoms with E-state index in [4.69, 9.17) is 4.74 Å². The molecule has 0 aromatic heterocycles. The fourth-order valence-corrected chi connectivity index (χ4v) is 2.59. The molecule has 23 heavy (non-hydrogen) atoms. The number of benzene rings is 1. The predicted molar refractivity (Wildman–Crippen MR) is 87.7 cm³/mol. The van der Waals surface area contributed by atoms with Crippen molar-refractivity contribution >= 4 is 11.8 Å². The molecular weight excluding hydrogens is 294 g/mol. The maximum atomic E-state index is 12.3. The van der Waals surface area contributed by atoms with Gasteiger partial charge < -0.3 is 20.3 Å². The lowest BCUT2D eigenvalue weighted by Gasteiger charge is -2.29. The van der Waals surface area contributed by atoms with E-state index in [-0.39, 0.29) is 24.5 Å². The van der Waals surface area contributed by atoms with Gasteiger partial charge in [0.15, 0.2) is 0 Å². The van der Waals surface area contributed by atoms with Gasteiger partial charge in [-0.1, -0.05) is 30.3 Å². The normalized spacial score (nSPS) is 20.8. The molecule has 0 aliphatic carbocycles. The standard InChI is InChI=1S/C17H25N3O3/c1-3-20(12-14-7-5-4-6-8-14)15(21)11-19-17(22)16-13(2)23-10-9-18-16/h4-8,13,16,18H,3,9-12H2,1-2H3,(H,19,22)/t13-,16+/m1/s1. The van der Waals surface area contributed by atoms with Gasteiger partial charge in [-0.05, 0) is 19.4 Å². The summed E-state index contributed by atoms with van der Waals surface area (Å²) >= 11 is 0. The molecule has 0 saturated carbocycles. The first-order chi connectivity index (χ1) is 11.1. The third kappa shape index (κ3) is 5.04. The average Bonchev–Trinajstić information content (AvgIpc) is 2.58. The third-order valence-electron chi connectivity index (χ3n) is 3.96. The molecule has 6 heteroatoms. The second-order valence-electron chi connectivity index (χ2n) is 5.62. The number of morpholine rings is 1. The molecule has 2 rings (SSSR count). The Hall–Kier alpha value is -1.92. The van der Waals surface area contributed by atoms with Gasteiger partial charge >= 0.3 is 0 Å². The molecule has 0 radical (unpaired) electrons. The zero-order valence-electron chi connectivity index (χ0n) is 13.7. The van der Waals surface area contributed by atoms with Crippen LogP contribution in [-0.2, 0) is 20.9 Å². The molecule has 2 amide bonds. The van der Waals surface area contributed by atoms with Gasteiger partial charge in [-0.15, -0.1) is 0 Å². The highest BCUT2D eigenvalue weighted by molar-refractivity contribution is 5.87. The summed E-state index contributed by atoms with van der Waals surface area (Å²) in [6, 6.07) is 9.42. The Bertz CT molecular complexity index is 521. The molecule has 1 fully saturated rings. The highest BCUT2D eigenvalue weighted by Gasteiger charge is 2.28. The number of likely N-dealkylation sites (N-methyl/N-ethyl adjacent to an activating group) is 1. The minimum atomic E-state index is -0.402. The Balaban J connectivity index is 1.83. The van der Waals surface area contributed by atoms with E-state index in [1.807, 2.05) is 44.2 Å². The minimum absolute atomic E-state index is 0.00437. The lowest BCUT2D eigenvalue weighted by atomic mass is 10.1. The number of nitrogens with one attached hydrogen (secondary N) is 2. The lowest BCUT2D eigenvalue weighted by molar-refractivity contribution is -0.135. The van der Waals surface area contributed by atoms with Gasteiger partial charge in [-0.25, -0.2) is 0 Å². The predicted octanol–water partition coefficient (Wildman–Crippen LogP) is 0.528. The van der Waals surface area contributed by atoms with Crippen LogP contribution in [0.3, 0.4) is 0 Å². The Morgan fingerprint density at radius 2 is 2.09 bits per heavy atom. The van der Waals surface area contributed by atoms with Crippen LogP contribution in [0.15, 0.2) is 30.3 Å². The van der Waals surface area contributed by atoms with Crippen LogP contribution in [0, 0.1) is 0 Å². The van der Waals surface area contributed by atoms with E-state index in [2.05, 4.69) is 10.6 Å². The highest BCUT2D eigenvalue weighted by atomic mass is 16.5. The number of nitrogens with zero attached hydrogens (tertiary/aromatic N) is 1. The topological polar surface area (TPSA) is 70.7 Å². The summed E-state index contributed by atoms with van der Waals surface area (Å²) in [5, 5.41) is 5.82. The number of amides is 2. The second kappa shape index (κ2) is 8.64. The molecule has 1 aromatic rings. The minimum Gasteiger partial charge on any atom is -0.375 e. The van der Waals surface area contributed by atoms with Crippen LogP contribution in [0.4, 0.5) is 0 Å². The summed E-state index contributed by atoms with van der Waals surface area (Å²) in [5.41, 5.74) is 1.07. The number of rotatable bonds is 6. The fourth-order valence-electron chi connectivity index (χ4n) is 2.59. The molecule has 6 nitrogen and oxygen atoms in total. The van der Waals surface area contributed by atoms with E-state index < -0.39 is 6.04 Å². The molecule has 2 atom stereocenters. The molecule has 1 aliphatic heterocycles. The van der Waals surface area contributed by atoms with E-state index in [1.165, 1.54) is 0 Å². The first kappa shape index (κ1) is 17.4. The maximum Gasteiger partial charge on any atom is 0.242 e. The van der Waals surface area contributed by atoms with Gasteiger partial charge in [-0.3, -0.25) is 9.59 Å². The smallest absolute Gasteiger partial charge is 0.242 e. The third-order valence-corrected chi connectivity index (χ3v) is 3.96. The van der Waals surface area contributed by atoms with Crippen molar-refractivity contribution in [1.29, 1.82) is 0 Å². The fraction of sp³-hybridized carbons (Fsp3) is 0.529. The van der Waals surface area contributed by atoms with Gasteiger partial charge in [0.05, 0.1) is 19.3 Å². The summed E-state index contributed by atoms with van der Waals surface area (Å²) in [7, 11) is 0. The van der Waals surface area contributed by atoms with Crippen LogP contribution in [0.1, 0.15) is 19.4 Å². The molecule has 0 unspecified atom stereocenters. The van der Waals surface area contributed by atoms with Gasteiger partial charge in [0.1, 0.15) is 6.04 Å². The van der Waals surface area contributed by atoms with Crippen molar-refractivity contribution in [2.45, 2.75) is 32.5 Å². The van der Waals surface area contributed by atoms with Crippen molar-refractivity contribution < 1.29 is 14.3 Å². The van der Waals surface area contributed by atoms with E-state index in [1.54, 1.807) is 4.90 Å². The molecule has 2 N–H and O–H groups in total. The summed E-state index contributed by atoms with van der Waals surface area (Å²) in [6.45, 7) is 6.19. The monoisotopic (exact) mass is 319 g/mol. The number of ether oxygens (including phenoxy) is 1. The number of hydrogen-bond donors (Lipinski definition) is 2. The summed E-state index contributed by atoms with van der Waals surface area (Å²) in [5.74, 6) is -0.282. The van der Waals surface area contributed by atoms with E-state index in [9.17, 15) is 9.59 Å². The van der Waals surface area contributed by atoms with Crippen molar-refractivity contribution in [2.75, 3.05) is 26.2 Å². The van der Waals surface area contributed by atoms with Gasteiger partial charge in [0.25, 0.3) is 0 Å². The van der Waals surface area contributed by atoms with Crippen molar-refractivity contribution in [2.24, 2.45) is 0 Å². The first-order valence-corrected chi connectivity index (χ1v) is 8.06. The second-order valence-corrected chi connectivity index (χ2v) is 5.62. The molecule has 1 aromatic carbocycles.